The van der Waals surface area contributed by atoms with Crippen LogP contribution in [0.2, 0.25) is 0 Å². The lowest BCUT2D eigenvalue weighted by molar-refractivity contribution is -0.120. The van der Waals surface area contributed by atoms with Crippen molar-refractivity contribution in [3.8, 4) is 0 Å². The lowest BCUT2D eigenvalue weighted by Gasteiger charge is -2.16. The maximum Gasteiger partial charge on any atom is 0.282 e. The van der Waals surface area contributed by atoms with E-state index in [-0.39, 0.29) is 11.8 Å². The Morgan fingerprint density at radius 3 is 1.83 bits per heavy atom. The van der Waals surface area contributed by atoms with E-state index in [1.165, 1.54) is 10.5 Å². The van der Waals surface area contributed by atoms with E-state index in [0.29, 0.717) is 17.0 Å². The SMILES string of the molecule is CCc1ccc(NC2=C(c3ccccc3)C(=O)N(c3ccc(CC)cc3)C2=O)cc1. The molecular formula is C26H24N2O2. The van der Waals surface area contributed by atoms with E-state index in [1.807, 2.05) is 78.9 Å². The Morgan fingerprint density at radius 2 is 1.27 bits per heavy atom. The van der Waals surface area contributed by atoms with Gasteiger partial charge in [0, 0.05) is 5.69 Å². The Bertz CT molecular complexity index is 1100. The van der Waals surface area contributed by atoms with Crippen molar-refractivity contribution in [3.63, 3.8) is 0 Å². The first-order valence-electron chi connectivity index (χ1n) is 10.3. The first-order valence-corrected chi connectivity index (χ1v) is 10.3. The highest BCUT2D eigenvalue weighted by molar-refractivity contribution is 6.46. The summed E-state index contributed by atoms with van der Waals surface area (Å²) >= 11 is 0. The second-order valence-electron chi connectivity index (χ2n) is 7.26. The van der Waals surface area contributed by atoms with Crippen molar-refractivity contribution in [3.05, 3.63) is 101 Å². The molecule has 4 rings (SSSR count). The highest BCUT2D eigenvalue weighted by atomic mass is 16.2. The van der Waals surface area contributed by atoms with Gasteiger partial charge in [-0.15, -0.1) is 0 Å². The second-order valence-corrected chi connectivity index (χ2v) is 7.26. The topological polar surface area (TPSA) is 49.4 Å². The summed E-state index contributed by atoms with van der Waals surface area (Å²) in [5, 5.41) is 3.21. The predicted molar refractivity (Wildman–Crippen MR) is 121 cm³/mol. The summed E-state index contributed by atoms with van der Waals surface area (Å²) in [7, 11) is 0. The molecule has 0 spiro atoms. The first kappa shape index (κ1) is 19.6. The molecule has 150 valence electrons. The Balaban J connectivity index is 1.75. The molecule has 0 aliphatic carbocycles. The number of hydrogen-bond acceptors (Lipinski definition) is 3. The van der Waals surface area contributed by atoms with Gasteiger partial charge in [0.2, 0.25) is 0 Å². The van der Waals surface area contributed by atoms with E-state index in [2.05, 4.69) is 19.2 Å². The van der Waals surface area contributed by atoms with Crippen LogP contribution in [0.15, 0.2) is 84.6 Å². The fourth-order valence-corrected chi connectivity index (χ4v) is 3.60. The summed E-state index contributed by atoms with van der Waals surface area (Å²) in [6, 6.07) is 24.8. The Hall–Kier alpha value is -3.66. The van der Waals surface area contributed by atoms with Crippen LogP contribution in [0.1, 0.15) is 30.5 Å². The summed E-state index contributed by atoms with van der Waals surface area (Å²) < 4.78 is 0. The molecule has 30 heavy (non-hydrogen) atoms. The largest absolute Gasteiger partial charge is 0.350 e. The molecule has 0 bridgehead atoms. The summed E-state index contributed by atoms with van der Waals surface area (Å²) in [6.45, 7) is 4.17. The average Bonchev–Trinajstić information content (AvgIpc) is 3.04. The van der Waals surface area contributed by atoms with Gasteiger partial charge in [-0.3, -0.25) is 9.59 Å². The van der Waals surface area contributed by atoms with Crippen LogP contribution in [0.3, 0.4) is 0 Å². The van der Waals surface area contributed by atoms with Crippen molar-refractivity contribution >= 4 is 28.8 Å². The number of carbonyl (C=O) groups is 2. The standard InChI is InChI=1S/C26H24N2O2/c1-3-18-10-14-21(15-11-18)27-24-23(20-8-6-5-7-9-20)25(29)28(26(24)30)22-16-12-19(4-2)13-17-22/h5-17,27H,3-4H2,1-2H3. The van der Waals surface area contributed by atoms with Crippen LogP contribution in [-0.4, -0.2) is 11.8 Å². The number of benzene rings is 3. The number of anilines is 2. The zero-order chi connectivity index (χ0) is 21.1. The summed E-state index contributed by atoms with van der Waals surface area (Å²) in [5.41, 5.74) is 5.13. The van der Waals surface area contributed by atoms with E-state index < -0.39 is 0 Å². The molecule has 1 aliphatic rings. The van der Waals surface area contributed by atoms with Gasteiger partial charge in [-0.05, 0) is 53.8 Å². The quantitative estimate of drug-likeness (QED) is 0.582. The summed E-state index contributed by atoms with van der Waals surface area (Å²) in [6.07, 6.45) is 1.84. The van der Waals surface area contributed by atoms with Gasteiger partial charge in [-0.2, -0.15) is 0 Å². The molecule has 0 unspecified atom stereocenters. The van der Waals surface area contributed by atoms with Gasteiger partial charge in [-0.25, -0.2) is 4.90 Å². The number of nitrogens with zero attached hydrogens (tertiary/aromatic N) is 1. The van der Waals surface area contributed by atoms with Crippen molar-refractivity contribution in [1.82, 2.24) is 0 Å². The lowest BCUT2D eigenvalue weighted by Crippen LogP contribution is -2.32. The monoisotopic (exact) mass is 396 g/mol. The van der Waals surface area contributed by atoms with Crippen molar-refractivity contribution in [2.75, 3.05) is 10.2 Å². The summed E-state index contributed by atoms with van der Waals surface area (Å²) in [4.78, 5) is 28.0. The molecule has 3 aromatic carbocycles. The molecule has 4 nitrogen and oxygen atoms in total. The van der Waals surface area contributed by atoms with E-state index in [0.717, 1.165) is 29.7 Å². The van der Waals surface area contributed by atoms with Gasteiger partial charge in [0.05, 0.1) is 11.3 Å². The number of carbonyl (C=O) groups excluding carboxylic acids is 2. The van der Waals surface area contributed by atoms with Gasteiger partial charge >= 0.3 is 0 Å². The lowest BCUT2D eigenvalue weighted by atomic mass is 10.0. The fraction of sp³-hybridized carbons (Fsp3) is 0.154. The van der Waals surface area contributed by atoms with Crippen LogP contribution in [0.4, 0.5) is 11.4 Å². The van der Waals surface area contributed by atoms with Gasteiger partial charge in [-0.1, -0.05) is 68.4 Å². The zero-order valence-corrected chi connectivity index (χ0v) is 17.2. The minimum atomic E-state index is -0.345. The maximum absolute atomic E-state index is 13.4. The molecule has 1 aliphatic heterocycles. The highest BCUT2D eigenvalue weighted by Gasteiger charge is 2.40. The fourth-order valence-electron chi connectivity index (χ4n) is 3.60. The Morgan fingerprint density at radius 1 is 0.700 bits per heavy atom. The van der Waals surface area contributed by atoms with Crippen LogP contribution in [-0.2, 0) is 22.4 Å². The molecule has 0 radical (unpaired) electrons. The molecule has 3 aromatic rings. The number of hydrogen-bond donors (Lipinski definition) is 1. The highest BCUT2D eigenvalue weighted by Crippen LogP contribution is 2.33. The Kier molecular flexibility index (Phi) is 5.48. The van der Waals surface area contributed by atoms with Crippen LogP contribution >= 0.6 is 0 Å². The van der Waals surface area contributed by atoms with E-state index in [9.17, 15) is 9.59 Å². The van der Waals surface area contributed by atoms with Crippen LogP contribution in [0.5, 0.6) is 0 Å². The molecule has 1 N–H and O–H groups in total. The van der Waals surface area contributed by atoms with Gasteiger partial charge in [0.15, 0.2) is 0 Å². The summed E-state index contributed by atoms with van der Waals surface area (Å²) in [5.74, 6) is -0.661. The molecule has 0 fully saturated rings. The molecule has 0 saturated heterocycles. The molecule has 1 heterocycles. The van der Waals surface area contributed by atoms with Crippen LogP contribution in [0, 0.1) is 0 Å². The molecular weight excluding hydrogens is 372 g/mol. The minimum Gasteiger partial charge on any atom is -0.350 e. The number of nitrogens with one attached hydrogen (secondary N) is 1. The van der Waals surface area contributed by atoms with Crippen LogP contribution in [0.25, 0.3) is 5.57 Å². The van der Waals surface area contributed by atoms with Crippen molar-refractivity contribution in [1.29, 1.82) is 0 Å². The Labute approximate surface area is 176 Å². The van der Waals surface area contributed by atoms with Gasteiger partial charge in [0.1, 0.15) is 5.70 Å². The predicted octanol–water partition coefficient (Wildman–Crippen LogP) is 5.21. The third-order valence-corrected chi connectivity index (χ3v) is 5.38. The number of imide groups is 1. The molecule has 0 saturated carbocycles. The van der Waals surface area contributed by atoms with E-state index in [1.54, 1.807) is 0 Å². The minimum absolute atomic E-state index is 0.301. The second kappa shape index (κ2) is 8.37. The molecule has 0 aromatic heterocycles. The van der Waals surface area contributed by atoms with E-state index >= 15 is 0 Å². The average molecular weight is 396 g/mol. The third kappa shape index (κ3) is 3.64. The van der Waals surface area contributed by atoms with Gasteiger partial charge in [0.25, 0.3) is 11.8 Å². The van der Waals surface area contributed by atoms with Gasteiger partial charge < -0.3 is 5.32 Å². The molecule has 4 heteroatoms. The first-order chi connectivity index (χ1) is 14.6. The van der Waals surface area contributed by atoms with E-state index in [4.69, 9.17) is 0 Å². The maximum atomic E-state index is 13.4. The van der Waals surface area contributed by atoms with Crippen molar-refractivity contribution in [2.45, 2.75) is 26.7 Å². The van der Waals surface area contributed by atoms with Crippen molar-refractivity contribution in [2.24, 2.45) is 0 Å². The third-order valence-electron chi connectivity index (χ3n) is 5.38. The smallest absolute Gasteiger partial charge is 0.282 e. The van der Waals surface area contributed by atoms with Crippen LogP contribution < -0.4 is 10.2 Å². The molecule has 0 atom stereocenters. The zero-order valence-electron chi connectivity index (χ0n) is 17.2. The number of rotatable bonds is 6. The number of aryl methyl sites for hydroxylation is 2. The normalized spacial score (nSPS) is 13.9. The van der Waals surface area contributed by atoms with Crippen molar-refractivity contribution < 1.29 is 9.59 Å². The molecule has 2 amide bonds. The number of amides is 2.